The molecule has 0 saturated carbocycles. The smallest absolute Gasteiger partial charge is 0.357 e. The molecule has 0 amide bonds. The SMILES string of the molecule is CCOC(=O)c1[nH]nc(-c2ccc(C)cc2)c1C(=O)OCC. The van der Waals surface area contributed by atoms with Crippen molar-refractivity contribution < 1.29 is 19.1 Å². The zero-order valence-corrected chi connectivity index (χ0v) is 12.8. The predicted molar refractivity (Wildman–Crippen MR) is 80.7 cm³/mol. The Morgan fingerprint density at radius 1 is 1.05 bits per heavy atom. The Kier molecular flexibility index (Phi) is 4.93. The van der Waals surface area contributed by atoms with Gasteiger partial charge >= 0.3 is 11.9 Å². The van der Waals surface area contributed by atoms with E-state index in [0.29, 0.717) is 5.69 Å². The number of carbonyl (C=O) groups excluding carboxylic acids is 2. The minimum atomic E-state index is -0.628. The first-order valence-electron chi connectivity index (χ1n) is 7.08. The van der Waals surface area contributed by atoms with Crippen LogP contribution in [0.2, 0.25) is 0 Å². The second-order valence-corrected chi connectivity index (χ2v) is 4.63. The molecule has 0 spiro atoms. The van der Waals surface area contributed by atoms with Gasteiger partial charge in [-0.25, -0.2) is 9.59 Å². The third kappa shape index (κ3) is 3.16. The molecule has 1 heterocycles. The number of benzene rings is 1. The molecular formula is C16H18N2O4. The molecule has 0 aliphatic rings. The Hall–Kier alpha value is -2.63. The molecule has 0 bridgehead atoms. The maximum atomic E-state index is 12.2. The zero-order chi connectivity index (χ0) is 16.1. The summed E-state index contributed by atoms with van der Waals surface area (Å²) in [6.07, 6.45) is 0. The van der Waals surface area contributed by atoms with E-state index in [2.05, 4.69) is 10.2 Å². The Labute approximate surface area is 128 Å². The van der Waals surface area contributed by atoms with Crippen LogP contribution in [0.1, 0.15) is 40.3 Å². The number of hydrogen-bond donors (Lipinski definition) is 1. The summed E-state index contributed by atoms with van der Waals surface area (Å²) in [4.78, 5) is 24.2. The van der Waals surface area contributed by atoms with Gasteiger partial charge in [-0.15, -0.1) is 0 Å². The molecule has 0 aliphatic heterocycles. The molecule has 0 saturated heterocycles. The second-order valence-electron chi connectivity index (χ2n) is 4.63. The standard InChI is InChI=1S/C16H18N2O4/c1-4-21-15(19)12-13(11-8-6-10(3)7-9-11)17-18-14(12)16(20)22-5-2/h6-9H,4-5H2,1-3H3,(H,17,18). The Bertz CT molecular complexity index is 674. The van der Waals surface area contributed by atoms with E-state index in [1.165, 1.54) is 0 Å². The van der Waals surface area contributed by atoms with Crippen molar-refractivity contribution in [3.05, 3.63) is 41.1 Å². The number of aromatic nitrogens is 2. The van der Waals surface area contributed by atoms with Crippen molar-refractivity contribution in [3.8, 4) is 11.3 Å². The van der Waals surface area contributed by atoms with Crippen LogP contribution >= 0.6 is 0 Å². The average molecular weight is 302 g/mol. The zero-order valence-electron chi connectivity index (χ0n) is 12.8. The number of ether oxygens (including phenoxy) is 2. The van der Waals surface area contributed by atoms with Crippen LogP contribution in [0.25, 0.3) is 11.3 Å². The maximum absolute atomic E-state index is 12.2. The van der Waals surface area contributed by atoms with Gasteiger partial charge in [0.25, 0.3) is 0 Å². The maximum Gasteiger partial charge on any atom is 0.357 e. The summed E-state index contributed by atoms with van der Waals surface area (Å²) >= 11 is 0. The predicted octanol–water partition coefficient (Wildman–Crippen LogP) is 2.74. The van der Waals surface area contributed by atoms with Gasteiger partial charge in [-0.1, -0.05) is 29.8 Å². The number of nitrogens with one attached hydrogen (secondary N) is 1. The van der Waals surface area contributed by atoms with Crippen molar-refractivity contribution in [1.82, 2.24) is 10.2 Å². The summed E-state index contributed by atoms with van der Waals surface area (Å²) in [5.41, 5.74) is 2.30. The van der Waals surface area contributed by atoms with Gasteiger partial charge in [-0.05, 0) is 20.8 Å². The van der Waals surface area contributed by atoms with Crippen LogP contribution in [0.5, 0.6) is 0 Å². The van der Waals surface area contributed by atoms with E-state index in [9.17, 15) is 9.59 Å². The molecule has 1 aromatic heterocycles. The van der Waals surface area contributed by atoms with Gasteiger partial charge in [0.15, 0.2) is 5.69 Å². The summed E-state index contributed by atoms with van der Waals surface area (Å²) in [7, 11) is 0. The van der Waals surface area contributed by atoms with Gasteiger partial charge in [-0.3, -0.25) is 5.10 Å². The van der Waals surface area contributed by atoms with Crippen LogP contribution in [0.3, 0.4) is 0 Å². The van der Waals surface area contributed by atoms with Crippen molar-refractivity contribution in [2.24, 2.45) is 0 Å². The van der Waals surface area contributed by atoms with Crippen LogP contribution in [0.4, 0.5) is 0 Å². The summed E-state index contributed by atoms with van der Waals surface area (Å²) in [6.45, 7) is 5.77. The molecule has 6 heteroatoms. The lowest BCUT2D eigenvalue weighted by molar-refractivity contribution is 0.0476. The number of carbonyl (C=O) groups is 2. The van der Waals surface area contributed by atoms with Gasteiger partial charge in [0.1, 0.15) is 11.3 Å². The minimum absolute atomic E-state index is 0.0101. The fourth-order valence-corrected chi connectivity index (χ4v) is 2.02. The molecule has 0 unspecified atom stereocenters. The van der Waals surface area contributed by atoms with E-state index in [4.69, 9.17) is 9.47 Å². The molecule has 116 valence electrons. The topological polar surface area (TPSA) is 81.3 Å². The Morgan fingerprint density at radius 2 is 1.64 bits per heavy atom. The highest BCUT2D eigenvalue weighted by Crippen LogP contribution is 2.25. The highest BCUT2D eigenvalue weighted by atomic mass is 16.5. The normalized spacial score (nSPS) is 10.3. The van der Waals surface area contributed by atoms with Gasteiger partial charge in [0.2, 0.25) is 0 Å². The number of aryl methyl sites for hydroxylation is 1. The van der Waals surface area contributed by atoms with Crippen molar-refractivity contribution in [2.75, 3.05) is 13.2 Å². The van der Waals surface area contributed by atoms with E-state index < -0.39 is 11.9 Å². The summed E-state index contributed by atoms with van der Waals surface area (Å²) in [5.74, 6) is -1.23. The van der Waals surface area contributed by atoms with Crippen molar-refractivity contribution in [3.63, 3.8) is 0 Å². The lowest BCUT2D eigenvalue weighted by atomic mass is 10.0. The molecule has 2 aromatic rings. The Morgan fingerprint density at radius 3 is 2.23 bits per heavy atom. The van der Waals surface area contributed by atoms with Crippen LogP contribution in [0.15, 0.2) is 24.3 Å². The molecule has 0 fully saturated rings. The first-order chi connectivity index (χ1) is 10.6. The largest absolute Gasteiger partial charge is 0.462 e. The van der Waals surface area contributed by atoms with Crippen molar-refractivity contribution in [1.29, 1.82) is 0 Å². The van der Waals surface area contributed by atoms with Crippen LogP contribution in [0, 0.1) is 6.92 Å². The number of esters is 2. The molecule has 2 rings (SSSR count). The summed E-state index contributed by atoms with van der Waals surface area (Å²) in [5, 5.41) is 6.68. The fraction of sp³-hybridized carbons (Fsp3) is 0.312. The lowest BCUT2D eigenvalue weighted by Crippen LogP contribution is -2.13. The molecule has 0 atom stereocenters. The highest BCUT2D eigenvalue weighted by molar-refractivity contribution is 6.06. The van der Waals surface area contributed by atoms with E-state index in [0.717, 1.165) is 11.1 Å². The molecule has 6 nitrogen and oxygen atoms in total. The number of hydrogen-bond acceptors (Lipinski definition) is 5. The summed E-state index contributed by atoms with van der Waals surface area (Å²) < 4.78 is 9.98. The van der Waals surface area contributed by atoms with Gasteiger partial charge in [0.05, 0.1) is 13.2 Å². The number of nitrogens with zero attached hydrogens (tertiary/aromatic N) is 1. The molecule has 0 radical (unpaired) electrons. The third-order valence-electron chi connectivity index (χ3n) is 3.05. The third-order valence-corrected chi connectivity index (χ3v) is 3.05. The summed E-state index contributed by atoms with van der Waals surface area (Å²) in [6, 6.07) is 7.48. The molecule has 1 aromatic carbocycles. The van der Waals surface area contributed by atoms with Gasteiger partial charge < -0.3 is 9.47 Å². The molecule has 0 aliphatic carbocycles. The Balaban J connectivity index is 2.52. The van der Waals surface area contributed by atoms with Gasteiger partial charge in [-0.2, -0.15) is 5.10 Å². The quantitative estimate of drug-likeness (QED) is 0.859. The van der Waals surface area contributed by atoms with Crippen LogP contribution in [-0.2, 0) is 9.47 Å². The van der Waals surface area contributed by atoms with E-state index in [1.807, 2.05) is 31.2 Å². The van der Waals surface area contributed by atoms with Crippen LogP contribution in [-0.4, -0.2) is 35.3 Å². The number of aromatic amines is 1. The monoisotopic (exact) mass is 302 g/mol. The number of H-pyrrole nitrogens is 1. The van der Waals surface area contributed by atoms with E-state index in [1.54, 1.807) is 13.8 Å². The first-order valence-corrected chi connectivity index (χ1v) is 7.08. The molecule has 22 heavy (non-hydrogen) atoms. The highest BCUT2D eigenvalue weighted by Gasteiger charge is 2.27. The van der Waals surface area contributed by atoms with Crippen LogP contribution < -0.4 is 0 Å². The van der Waals surface area contributed by atoms with Gasteiger partial charge in [0, 0.05) is 5.56 Å². The molecular weight excluding hydrogens is 284 g/mol. The fourth-order valence-electron chi connectivity index (χ4n) is 2.02. The van der Waals surface area contributed by atoms with Crippen molar-refractivity contribution >= 4 is 11.9 Å². The second kappa shape index (κ2) is 6.89. The van der Waals surface area contributed by atoms with E-state index in [-0.39, 0.29) is 24.5 Å². The number of rotatable bonds is 5. The first kappa shape index (κ1) is 15.8. The minimum Gasteiger partial charge on any atom is -0.462 e. The molecule has 1 N–H and O–H groups in total. The average Bonchev–Trinajstić information content (AvgIpc) is 2.93. The van der Waals surface area contributed by atoms with E-state index >= 15 is 0 Å². The lowest BCUT2D eigenvalue weighted by Gasteiger charge is -2.06. The van der Waals surface area contributed by atoms with Crippen molar-refractivity contribution in [2.45, 2.75) is 20.8 Å².